The number of nitrogens with one attached hydrogen (secondary N) is 1. The molecule has 1 N–H and O–H groups in total. The second-order valence-corrected chi connectivity index (χ2v) is 4.43. The van der Waals surface area contributed by atoms with Crippen molar-refractivity contribution in [1.29, 1.82) is 0 Å². The van der Waals surface area contributed by atoms with E-state index in [1.165, 1.54) is 5.56 Å². The maximum Gasteiger partial charge on any atom is 0.317 e. The molecule has 0 unspecified atom stereocenters. The topological polar surface area (TPSA) is 47.0 Å². The molecule has 0 amide bonds. The van der Waals surface area contributed by atoms with E-state index in [1.54, 1.807) is 0 Å². The zero-order valence-corrected chi connectivity index (χ0v) is 10.2. The van der Waals surface area contributed by atoms with Gasteiger partial charge >= 0.3 is 6.01 Å². The Morgan fingerprint density at radius 3 is 2.69 bits per heavy atom. The molecule has 0 saturated carbocycles. The first-order chi connectivity index (χ1) is 7.66. The van der Waals surface area contributed by atoms with Crippen LogP contribution < -0.4 is 10.1 Å². The van der Waals surface area contributed by atoms with Gasteiger partial charge in [-0.1, -0.05) is 0 Å². The van der Waals surface area contributed by atoms with E-state index in [2.05, 4.69) is 15.3 Å². The van der Waals surface area contributed by atoms with E-state index >= 15 is 0 Å². The number of rotatable bonds is 2. The SMILES string of the molecule is Cc1nc(OC(C)C)nc2c1CCNCC2. The summed E-state index contributed by atoms with van der Waals surface area (Å²) >= 11 is 0. The number of hydrogen-bond donors (Lipinski definition) is 1. The number of aromatic nitrogens is 2. The van der Waals surface area contributed by atoms with Gasteiger partial charge in [-0.05, 0) is 39.3 Å². The Kier molecular flexibility index (Phi) is 3.39. The van der Waals surface area contributed by atoms with Crippen LogP contribution in [0.15, 0.2) is 0 Å². The van der Waals surface area contributed by atoms with Gasteiger partial charge in [0.05, 0.1) is 11.8 Å². The Morgan fingerprint density at radius 2 is 1.94 bits per heavy atom. The maximum atomic E-state index is 5.56. The van der Waals surface area contributed by atoms with Crippen LogP contribution in [0, 0.1) is 6.92 Å². The lowest BCUT2D eigenvalue weighted by atomic mass is 10.1. The molecule has 16 heavy (non-hydrogen) atoms. The van der Waals surface area contributed by atoms with Crippen molar-refractivity contribution in [3.8, 4) is 6.01 Å². The summed E-state index contributed by atoms with van der Waals surface area (Å²) in [6.45, 7) is 8.03. The van der Waals surface area contributed by atoms with E-state index in [1.807, 2.05) is 20.8 Å². The van der Waals surface area contributed by atoms with E-state index in [9.17, 15) is 0 Å². The number of ether oxygens (including phenoxy) is 1. The van der Waals surface area contributed by atoms with Gasteiger partial charge in [0.1, 0.15) is 0 Å². The third kappa shape index (κ3) is 2.50. The van der Waals surface area contributed by atoms with Gasteiger partial charge in [-0.15, -0.1) is 0 Å². The van der Waals surface area contributed by atoms with Gasteiger partial charge in [-0.2, -0.15) is 4.98 Å². The molecular formula is C12H19N3O. The molecule has 2 heterocycles. The first-order valence-electron chi connectivity index (χ1n) is 5.90. The molecule has 1 aromatic heterocycles. The molecule has 0 bridgehead atoms. The predicted octanol–water partition coefficient (Wildman–Crippen LogP) is 1.26. The first kappa shape index (κ1) is 11.3. The summed E-state index contributed by atoms with van der Waals surface area (Å²) in [4.78, 5) is 8.91. The Labute approximate surface area is 96.4 Å². The monoisotopic (exact) mass is 221 g/mol. The summed E-state index contributed by atoms with van der Waals surface area (Å²) in [6.07, 6.45) is 2.11. The fourth-order valence-corrected chi connectivity index (χ4v) is 1.97. The largest absolute Gasteiger partial charge is 0.461 e. The summed E-state index contributed by atoms with van der Waals surface area (Å²) in [5.41, 5.74) is 3.50. The molecule has 4 heteroatoms. The molecule has 0 aromatic carbocycles. The smallest absolute Gasteiger partial charge is 0.317 e. The van der Waals surface area contributed by atoms with Gasteiger partial charge in [0.2, 0.25) is 0 Å². The zero-order valence-electron chi connectivity index (χ0n) is 10.2. The third-order valence-corrected chi connectivity index (χ3v) is 2.71. The van der Waals surface area contributed by atoms with E-state index in [0.717, 1.165) is 37.3 Å². The predicted molar refractivity (Wildman–Crippen MR) is 62.8 cm³/mol. The van der Waals surface area contributed by atoms with Crippen molar-refractivity contribution in [2.24, 2.45) is 0 Å². The molecule has 1 aliphatic rings. The number of aryl methyl sites for hydroxylation is 1. The van der Waals surface area contributed by atoms with Crippen molar-refractivity contribution >= 4 is 0 Å². The summed E-state index contributed by atoms with van der Waals surface area (Å²) in [5.74, 6) is 0. The lowest BCUT2D eigenvalue weighted by Gasteiger charge is -2.12. The number of hydrogen-bond acceptors (Lipinski definition) is 4. The van der Waals surface area contributed by atoms with Gasteiger partial charge < -0.3 is 10.1 Å². The molecule has 1 aliphatic heterocycles. The van der Waals surface area contributed by atoms with Gasteiger partial charge in [0, 0.05) is 18.7 Å². The number of fused-ring (bicyclic) bond motifs is 1. The Hall–Kier alpha value is -1.16. The van der Waals surface area contributed by atoms with Crippen LogP contribution in [0.4, 0.5) is 0 Å². The van der Waals surface area contributed by atoms with Gasteiger partial charge in [0.25, 0.3) is 0 Å². The van der Waals surface area contributed by atoms with E-state index in [-0.39, 0.29) is 6.10 Å². The molecule has 0 radical (unpaired) electrons. The zero-order chi connectivity index (χ0) is 11.5. The Morgan fingerprint density at radius 1 is 1.19 bits per heavy atom. The van der Waals surface area contributed by atoms with Crippen LogP contribution in [-0.2, 0) is 12.8 Å². The van der Waals surface area contributed by atoms with Crippen molar-refractivity contribution in [3.05, 3.63) is 17.0 Å². The number of nitrogens with zero attached hydrogens (tertiary/aromatic N) is 2. The van der Waals surface area contributed by atoms with Crippen molar-refractivity contribution in [1.82, 2.24) is 15.3 Å². The summed E-state index contributed by atoms with van der Waals surface area (Å²) in [5, 5.41) is 3.37. The molecule has 88 valence electrons. The maximum absolute atomic E-state index is 5.56. The summed E-state index contributed by atoms with van der Waals surface area (Å²) in [6, 6.07) is 0.521. The van der Waals surface area contributed by atoms with Crippen LogP contribution in [-0.4, -0.2) is 29.2 Å². The molecule has 0 atom stereocenters. The highest BCUT2D eigenvalue weighted by molar-refractivity contribution is 5.28. The van der Waals surface area contributed by atoms with Crippen molar-refractivity contribution < 1.29 is 4.74 Å². The fraction of sp³-hybridized carbons (Fsp3) is 0.667. The molecule has 1 aromatic rings. The molecule has 0 aliphatic carbocycles. The standard InChI is InChI=1S/C12H19N3O/c1-8(2)16-12-14-9(3)10-4-6-13-7-5-11(10)15-12/h8,13H,4-7H2,1-3H3. The molecular weight excluding hydrogens is 202 g/mol. The van der Waals surface area contributed by atoms with Crippen molar-refractivity contribution in [2.45, 2.75) is 39.7 Å². The van der Waals surface area contributed by atoms with Crippen LogP contribution in [0.3, 0.4) is 0 Å². The van der Waals surface area contributed by atoms with Gasteiger partial charge in [-0.3, -0.25) is 0 Å². The van der Waals surface area contributed by atoms with E-state index < -0.39 is 0 Å². The molecule has 2 rings (SSSR count). The summed E-state index contributed by atoms with van der Waals surface area (Å²) < 4.78 is 5.56. The van der Waals surface area contributed by atoms with Crippen molar-refractivity contribution in [3.63, 3.8) is 0 Å². The van der Waals surface area contributed by atoms with Crippen LogP contribution in [0.5, 0.6) is 6.01 Å². The Balaban J connectivity index is 2.32. The Bertz CT molecular complexity index is 377. The third-order valence-electron chi connectivity index (χ3n) is 2.71. The molecule has 0 saturated heterocycles. The highest BCUT2D eigenvalue weighted by Gasteiger charge is 2.15. The molecule has 4 nitrogen and oxygen atoms in total. The minimum absolute atomic E-state index is 0.126. The van der Waals surface area contributed by atoms with Crippen LogP contribution in [0.25, 0.3) is 0 Å². The molecule has 0 spiro atoms. The van der Waals surface area contributed by atoms with Crippen LogP contribution in [0.2, 0.25) is 0 Å². The van der Waals surface area contributed by atoms with Crippen LogP contribution in [0.1, 0.15) is 30.8 Å². The average molecular weight is 221 g/mol. The molecule has 0 fully saturated rings. The van der Waals surface area contributed by atoms with E-state index in [4.69, 9.17) is 4.74 Å². The quantitative estimate of drug-likeness (QED) is 0.816. The normalized spacial score (nSPS) is 15.8. The first-order valence-corrected chi connectivity index (χ1v) is 5.90. The highest BCUT2D eigenvalue weighted by Crippen LogP contribution is 2.17. The fourth-order valence-electron chi connectivity index (χ4n) is 1.97. The van der Waals surface area contributed by atoms with Crippen molar-refractivity contribution in [2.75, 3.05) is 13.1 Å². The average Bonchev–Trinajstić information content (AvgIpc) is 2.41. The van der Waals surface area contributed by atoms with Gasteiger partial charge in [-0.25, -0.2) is 4.98 Å². The van der Waals surface area contributed by atoms with Crippen LogP contribution >= 0.6 is 0 Å². The lowest BCUT2D eigenvalue weighted by molar-refractivity contribution is 0.221. The highest BCUT2D eigenvalue weighted by atomic mass is 16.5. The van der Waals surface area contributed by atoms with Gasteiger partial charge in [0.15, 0.2) is 0 Å². The second-order valence-electron chi connectivity index (χ2n) is 4.43. The summed E-state index contributed by atoms with van der Waals surface area (Å²) in [7, 11) is 0. The second kappa shape index (κ2) is 4.78. The minimum atomic E-state index is 0.126. The minimum Gasteiger partial charge on any atom is -0.461 e. The van der Waals surface area contributed by atoms with E-state index in [0.29, 0.717) is 6.01 Å². The lowest BCUT2D eigenvalue weighted by Crippen LogP contribution is -2.16.